The third-order valence-electron chi connectivity index (χ3n) is 3.11. The molecule has 0 aliphatic carbocycles. The number of esters is 1. The Labute approximate surface area is 138 Å². The van der Waals surface area contributed by atoms with E-state index in [0.29, 0.717) is 16.5 Å². The van der Waals surface area contributed by atoms with Crippen LogP contribution in [0.2, 0.25) is 5.02 Å². The molecule has 1 aromatic heterocycles. The molecule has 7 heteroatoms. The lowest BCUT2D eigenvalue weighted by molar-refractivity contribution is 0.00938. The minimum atomic E-state index is -1.11. The van der Waals surface area contributed by atoms with Crippen molar-refractivity contribution in [3.8, 4) is 0 Å². The molecular formula is C16H17ClN2O4. The standard InChI is InChI=1S/C16H17ClN2O4/c1-10-4-2-6-13(17)14(10)19-15-12(5-3-7-18-15)16(22)23-9-11(21)8-20/h2-7,11,20-21H,8-9H2,1H3,(H,18,19). The third kappa shape index (κ3) is 4.41. The number of ether oxygens (including phenoxy) is 1. The summed E-state index contributed by atoms with van der Waals surface area (Å²) >= 11 is 6.17. The van der Waals surface area contributed by atoms with Gasteiger partial charge in [-0.05, 0) is 30.7 Å². The maximum absolute atomic E-state index is 12.1. The van der Waals surface area contributed by atoms with E-state index < -0.39 is 18.7 Å². The molecule has 1 aromatic carbocycles. The molecule has 0 aliphatic heterocycles. The van der Waals surface area contributed by atoms with Crippen LogP contribution in [0.1, 0.15) is 15.9 Å². The van der Waals surface area contributed by atoms with Gasteiger partial charge in [0.2, 0.25) is 0 Å². The molecule has 2 rings (SSSR count). The number of aromatic nitrogens is 1. The van der Waals surface area contributed by atoms with E-state index in [1.54, 1.807) is 18.2 Å². The van der Waals surface area contributed by atoms with E-state index >= 15 is 0 Å². The molecule has 23 heavy (non-hydrogen) atoms. The Morgan fingerprint density at radius 1 is 1.39 bits per heavy atom. The Morgan fingerprint density at radius 3 is 2.87 bits per heavy atom. The molecule has 122 valence electrons. The van der Waals surface area contributed by atoms with Gasteiger partial charge in [0, 0.05) is 6.20 Å². The van der Waals surface area contributed by atoms with Crippen LogP contribution in [0.25, 0.3) is 0 Å². The molecule has 0 saturated heterocycles. The van der Waals surface area contributed by atoms with Crippen LogP contribution in [0.5, 0.6) is 0 Å². The SMILES string of the molecule is Cc1cccc(Cl)c1Nc1ncccc1C(=O)OCC(O)CO. The number of rotatable bonds is 6. The Morgan fingerprint density at radius 2 is 2.17 bits per heavy atom. The Balaban J connectivity index is 2.22. The van der Waals surface area contributed by atoms with Gasteiger partial charge in [0.05, 0.1) is 17.3 Å². The fraction of sp³-hybridized carbons (Fsp3) is 0.250. The minimum Gasteiger partial charge on any atom is -0.459 e. The van der Waals surface area contributed by atoms with Crippen LogP contribution in [0.3, 0.4) is 0 Å². The predicted octanol–water partition coefficient (Wildman–Crippen LogP) is 2.30. The first-order valence-electron chi connectivity index (χ1n) is 6.96. The lowest BCUT2D eigenvalue weighted by Gasteiger charge is -2.14. The van der Waals surface area contributed by atoms with E-state index in [1.165, 1.54) is 6.20 Å². The van der Waals surface area contributed by atoms with Crippen LogP contribution >= 0.6 is 11.6 Å². The van der Waals surface area contributed by atoms with Gasteiger partial charge in [-0.2, -0.15) is 0 Å². The summed E-state index contributed by atoms with van der Waals surface area (Å²) in [6.07, 6.45) is 0.422. The Hall–Kier alpha value is -2.15. The zero-order valence-corrected chi connectivity index (χ0v) is 13.2. The summed E-state index contributed by atoms with van der Waals surface area (Å²) in [4.78, 5) is 16.3. The minimum absolute atomic E-state index is 0.206. The first kappa shape index (κ1) is 17.2. The number of halogens is 1. The zero-order chi connectivity index (χ0) is 16.8. The van der Waals surface area contributed by atoms with Crippen molar-refractivity contribution in [1.29, 1.82) is 0 Å². The second-order valence-electron chi connectivity index (χ2n) is 4.89. The highest BCUT2D eigenvalue weighted by Crippen LogP contribution is 2.29. The average Bonchev–Trinajstić information content (AvgIpc) is 2.56. The highest BCUT2D eigenvalue weighted by molar-refractivity contribution is 6.33. The van der Waals surface area contributed by atoms with Gasteiger partial charge in [-0.15, -0.1) is 0 Å². The molecule has 0 amide bonds. The van der Waals surface area contributed by atoms with E-state index in [2.05, 4.69) is 10.3 Å². The van der Waals surface area contributed by atoms with Crippen molar-refractivity contribution in [1.82, 2.24) is 4.98 Å². The van der Waals surface area contributed by atoms with Crippen LogP contribution in [-0.4, -0.2) is 40.5 Å². The van der Waals surface area contributed by atoms with Gasteiger partial charge in [0.1, 0.15) is 24.1 Å². The van der Waals surface area contributed by atoms with Crippen molar-refractivity contribution in [3.63, 3.8) is 0 Å². The number of pyridine rings is 1. The highest BCUT2D eigenvalue weighted by Gasteiger charge is 2.17. The molecule has 0 aliphatic rings. The highest BCUT2D eigenvalue weighted by atomic mass is 35.5. The first-order chi connectivity index (χ1) is 11.0. The number of anilines is 2. The molecule has 6 nitrogen and oxygen atoms in total. The molecule has 1 unspecified atom stereocenters. The lowest BCUT2D eigenvalue weighted by Crippen LogP contribution is -2.22. The van der Waals surface area contributed by atoms with Gasteiger partial charge in [-0.1, -0.05) is 23.7 Å². The summed E-state index contributed by atoms with van der Waals surface area (Å²) in [6.45, 7) is 1.10. The molecule has 1 heterocycles. The summed E-state index contributed by atoms with van der Waals surface area (Å²) < 4.78 is 4.96. The van der Waals surface area contributed by atoms with E-state index in [1.807, 2.05) is 19.1 Å². The molecule has 2 aromatic rings. The number of carbonyl (C=O) groups excluding carboxylic acids is 1. The monoisotopic (exact) mass is 336 g/mol. The number of benzene rings is 1. The summed E-state index contributed by atoms with van der Waals surface area (Å²) in [6, 6.07) is 8.59. The summed E-state index contributed by atoms with van der Waals surface area (Å²) in [5.41, 5.74) is 1.76. The molecule has 0 spiro atoms. The topological polar surface area (TPSA) is 91.7 Å². The molecular weight excluding hydrogens is 320 g/mol. The van der Waals surface area contributed by atoms with E-state index in [0.717, 1.165) is 5.56 Å². The zero-order valence-electron chi connectivity index (χ0n) is 12.5. The maximum Gasteiger partial charge on any atom is 0.342 e. The van der Waals surface area contributed by atoms with Crippen molar-refractivity contribution in [2.24, 2.45) is 0 Å². The number of carbonyl (C=O) groups is 1. The van der Waals surface area contributed by atoms with Gasteiger partial charge in [-0.25, -0.2) is 9.78 Å². The number of nitrogens with one attached hydrogen (secondary N) is 1. The summed E-state index contributed by atoms with van der Waals surface area (Å²) in [5, 5.41) is 21.5. The number of para-hydroxylation sites is 1. The second kappa shape index (κ2) is 7.92. The molecule has 0 bridgehead atoms. The normalized spacial score (nSPS) is 11.8. The fourth-order valence-electron chi connectivity index (χ4n) is 1.88. The molecule has 1 atom stereocenters. The smallest absolute Gasteiger partial charge is 0.342 e. The van der Waals surface area contributed by atoms with Gasteiger partial charge >= 0.3 is 5.97 Å². The van der Waals surface area contributed by atoms with Crippen LogP contribution in [0, 0.1) is 6.92 Å². The molecule has 0 saturated carbocycles. The van der Waals surface area contributed by atoms with Crippen molar-refractivity contribution in [2.75, 3.05) is 18.5 Å². The van der Waals surface area contributed by atoms with E-state index in [9.17, 15) is 9.90 Å². The van der Waals surface area contributed by atoms with Crippen molar-refractivity contribution in [3.05, 3.63) is 52.7 Å². The lowest BCUT2D eigenvalue weighted by atomic mass is 10.2. The van der Waals surface area contributed by atoms with Gasteiger partial charge in [0.25, 0.3) is 0 Å². The van der Waals surface area contributed by atoms with Gasteiger partial charge in [-0.3, -0.25) is 0 Å². The maximum atomic E-state index is 12.1. The van der Waals surface area contributed by atoms with Crippen molar-refractivity contribution < 1.29 is 19.7 Å². The average molecular weight is 337 g/mol. The number of aliphatic hydroxyl groups is 2. The number of hydrogen-bond donors (Lipinski definition) is 3. The number of nitrogens with zero attached hydrogens (tertiary/aromatic N) is 1. The summed E-state index contributed by atoms with van der Waals surface area (Å²) in [7, 11) is 0. The Bertz CT molecular complexity index is 673. The van der Waals surface area contributed by atoms with E-state index in [-0.39, 0.29) is 12.2 Å². The van der Waals surface area contributed by atoms with Crippen LogP contribution < -0.4 is 5.32 Å². The van der Waals surface area contributed by atoms with Crippen molar-refractivity contribution in [2.45, 2.75) is 13.0 Å². The Kier molecular flexibility index (Phi) is 5.92. The third-order valence-corrected chi connectivity index (χ3v) is 3.43. The fourth-order valence-corrected chi connectivity index (χ4v) is 2.15. The largest absolute Gasteiger partial charge is 0.459 e. The first-order valence-corrected chi connectivity index (χ1v) is 7.34. The van der Waals surface area contributed by atoms with E-state index in [4.69, 9.17) is 21.4 Å². The number of hydrogen-bond acceptors (Lipinski definition) is 6. The van der Waals surface area contributed by atoms with Gasteiger partial charge in [0.15, 0.2) is 0 Å². The second-order valence-corrected chi connectivity index (χ2v) is 5.30. The summed E-state index contributed by atoms with van der Waals surface area (Å²) in [5.74, 6) is -0.356. The predicted molar refractivity (Wildman–Crippen MR) is 87.1 cm³/mol. The number of aliphatic hydroxyl groups excluding tert-OH is 2. The molecule has 0 fully saturated rings. The number of aryl methyl sites for hydroxylation is 1. The van der Waals surface area contributed by atoms with Crippen LogP contribution in [0.15, 0.2) is 36.5 Å². The van der Waals surface area contributed by atoms with Gasteiger partial charge < -0.3 is 20.3 Å². The van der Waals surface area contributed by atoms with Crippen LogP contribution in [0.4, 0.5) is 11.5 Å². The molecule has 3 N–H and O–H groups in total. The molecule has 0 radical (unpaired) electrons. The van der Waals surface area contributed by atoms with Crippen LogP contribution in [-0.2, 0) is 4.74 Å². The van der Waals surface area contributed by atoms with Crippen molar-refractivity contribution >= 4 is 29.1 Å². The quantitative estimate of drug-likeness (QED) is 0.701.